The second-order valence-electron chi connectivity index (χ2n) is 3.55. The minimum Gasteiger partial charge on any atom is -0.380 e. The first-order chi connectivity index (χ1) is 7.26. The highest BCUT2D eigenvalue weighted by atomic mass is 32.2. The molecular weight excluding hydrogens is 208 g/mol. The first kappa shape index (κ1) is 15.2. The van der Waals surface area contributed by atoms with Crippen molar-refractivity contribution in [3.8, 4) is 0 Å². The second-order valence-corrected chi connectivity index (χ2v) is 4.95. The summed E-state index contributed by atoms with van der Waals surface area (Å²) in [5.41, 5.74) is 5.77. The Balaban J connectivity index is 3.62. The lowest BCUT2D eigenvalue weighted by molar-refractivity contribution is 0.108. The van der Waals surface area contributed by atoms with Gasteiger partial charge in [-0.15, -0.1) is 0 Å². The summed E-state index contributed by atoms with van der Waals surface area (Å²) in [5, 5.41) is 0. The fourth-order valence-electron chi connectivity index (χ4n) is 1.42. The van der Waals surface area contributed by atoms with Gasteiger partial charge < -0.3 is 10.5 Å². The van der Waals surface area contributed by atoms with Crippen LogP contribution in [0.25, 0.3) is 0 Å². The highest BCUT2D eigenvalue weighted by Gasteiger charge is 2.11. The SMILES string of the molecule is CCOCCN(C)C(CN)CCSCC. The van der Waals surface area contributed by atoms with Crippen LogP contribution in [0.5, 0.6) is 0 Å². The van der Waals surface area contributed by atoms with Gasteiger partial charge in [-0.25, -0.2) is 0 Å². The zero-order valence-electron chi connectivity index (χ0n) is 10.4. The van der Waals surface area contributed by atoms with E-state index < -0.39 is 0 Å². The minimum absolute atomic E-state index is 0.504. The summed E-state index contributed by atoms with van der Waals surface area (Å²) in [4.78, 5) is 2.31. The van der Waals surface area contributed by atoms with E-state index in [4.69, 9.17) is 10.5 Å². The van der Waals surface area contributed by atoms with Crippen molar-refractivity contribution in [3.05, 3.63) is 0 Å². The first-order valence-electron chi connectivity index (χ1n) is 5.82. The number of likely N-dealkylation sites (N-methyl/N-ethyl adjacent to an activating group) is 1. The van der Waals surface area contributed by atoms with E-state index >= 15 is 0 Å². The van der Waals surface area contributed by atoms with Crippen LogP contribution in [-0.4, -0.2) is 55.8 Å². The van der Waals surface area contributed by atoms with E-state index in [1.165, 1.54) is 17.9 Å². The van der Waals surface area contributed by atoms with Crippen molar-refractivity contribution in [3.63, 3.8) is 0 Å². The van der Waals surface area contributed by atoms with E-state index in [2.05, 4.69) is 18.9 Å². The quantitative estimate of drug-likeness (QED) is 0.580. The van der Waals surface area contributed by atoms with E-state index in [0.717, 1.165) is 26.3 Å². The third kappa shape index (κ3) is 8.08. The minimum atomic E-state index is 0.504. The molecule has 0 fully saturated rings. The van der Waals surface area contributed by atoms with Gasteiger partial charge >= 0.3 is 0 Å². The van der Waals surface area contributed by atoms with E-state index in [9.17, 15) is 0 Å². The van der Waals surface area contributed by atoms with Gasteiger partial charge in [0, 0.05) is 25.7 Å². The Morgan fingerprint density at radius 1 is 1.40 bits per heavy atom. The molecule has 0 saturated carbocycles. The van der Waals surface area contributed by atoms with Crippen LogP contribution in [-0.2, 0) is 4.74 Å². The van der Waals surface area contributed by atoms with Crippen LogP contribution in [0, 0.1) is 0 Å². The van der Waals surface area contributed by atoms with E-state index in [1.54, 1.807) is 0 Å². The molecule has 0 rings (SSSR count). The Labute approximate surface area is 98.7 Å². The number of ether oxygens (including phenoxy) is 1. The molecule has 4 heteroatoms. The normalized spacial score (nSPS) is 13.4. The molecule has 0 aromatic rings. The molecule has 0 heterocycles. The lowest BCUT2D eigenvalue weighted by Crippen LogP contribution is -2.40. The Bertz CT molecular complexity index is 136. The van der Waals surface area contributed by atoms with Crippen molar-refractivity contribution in [1.29, 1.82) is 0 Å². The van der Waals surface area contributed by atoms with Crippen LogP contribution in [0.2, 0.25) is 0 Å². The van der Waals surface area contributed by atoms with Crippen LogP contribution >= 0.6 is 11.8 Å². The monoisotopic (exact) mass is 234 g/mol. The number of hydrogen-bond acceptors (Lipinski definition) is 4. The number of thioether (sulfide) groups is 1. The van der Waals surface area contributed by atoms with E-state index in [-0.39, 0.29) is 0 Å². The van der Waals surface area contributed by atoms with Crippen LogP contribution in [0.3, 0.4) is 0 Å². The van der Waals surface area contributed by atoms with Crippen molar-refractivity contribution in [2.45, 2.75) is 26.3 Å². The van der Waals surface area contributed by atoms with Crippen molar-refractivity contribution in [2.75, 3.05) is 44.9 Å². The summed E-state index contributed by atoms with van der Waals surface area (Å²) in [6, 6.07) is 0.504. The van der Waals surface area contributed by atoms with Gasteiger partial charge in [-0.3, -0.25) is 4.90 Å². The molecule has 0 radical (unpaired) electrons. The van der Waals surface area contributed by atoms with Crippen molar-refractivity contribution < 1.29 is 4.74 Å². The zero-order valence-corrected chi connectivity index (χ0v) is 11.2. The average Bonchev–Trinajstić information content (AvgIpc) is 2.24. The molecule has 0 aromatic heterocycles. The Hall–Kier alpha value is 0.230. The fraction of sp³-hybridized carbons (Fsp3) is 1.00. The third-order valence-corrected chi connectivity index (χ3v) is 3.42. The smallest absolute Gasteiger partial charge is 0.0593 e. The Morgan fingerprint density at radius 3 is 2.67 bits per heavy atom. The van der Waals surface area contributed by atoms with Gasteiger partial charge in [-0.1, -0.05) is 6.92 Å². The van der Waals surface area contributed by atoms with Gasteiger partial charge in [0.25, 0.3) is 0 Å². The largest absolute Gasteiger partial charge is 0.380 e. The van der Waals surface area contributed by atoms with Crippen LogP contribution in [0.1, 0.15) is 20.3 Å². The first-order valence-corrected chi connectivity index (χ1v) is 6.97. The second kappa shape index (κ2) is 10.7. The lowest BCUT2D eigenvalue weighted by Gasteiger charge is -2.26. The standard InChI is InChI=1S/C11H26N2OS/c1-4-14-8-7-13(3)11(10-12)6-9-15-5-2/h11H,4-10,12H2,1-3H3. The summed E-state index contributed by atoms with van der Waals surface area (Å²) in [5.74, 6) is 2.40. The maximum absolute atomic E-state index is 5.77. The lowest BCUT2D eigenvalue weighted by atomic mass is 10.2. The number of hydrogen-bond donors (Lipinski definition) is 1. The highest BCUT2D eigenvalue weighted by Crippen LogP contribution is 2.07. The average molecular weight is 234 g/mol. The van der Waals surface area contributed by atoms with E-state index in [0.29, 0.717) is 6.04 Å². The van der Waals surface area contributed by atoms with Gasteiger partial charge in [-0.2, -0.15) is 11.8 Å². The van der Waals surface area contributed by atoms with Crippen molar-refractivity contribution >= 4 is 11.8 Å². The van der Waals surface area contributed by atoms with Crippen LogP contribution < -0.4 is 5.73 Å². The van der Waals surface area contributed by atoms with Crippen LogP contribution in [0.4, 0.5) is 0 Å². The maximum atomic E-state index is 5.77. The summed E-state index contributed by atoms with van der Waals surface area (Å²) < 4.78 is 5.34. The molecular formula is C11H26N2OS. The summed E-state index contributed by atoms with van der Waals surface area (Å²) in [6.07, 6.45) is 1.18. The third-order valence-electron chi connectivity index (χ3n) is 2.49. The molecule has 3 nitrogen and oxygen atoms in total. The molecule has 0 bridgehead atoms. The molecule has 0 aliphatic rings. The van der Waals surface area contributed by atoms with Gasteiger partial charge in [0.2, 0.25) is 0 Å². The molecule has 0 amide bonds. The fourth-order valence-corrected chi connectivity index (χ4v) is 2.14. The number of rotatable bonds is 10. The molecule has 1 unspecified atom stereocenters. The molecule has 0 aromatic carbocycles. The summed E-state index contributed by atoms with van der Waals surface area (Å²) in [6.45, 7) is 7.55. The van der Waals surface area contributed by atoms with Gasteiger partial charge in [0.1, 0.15) is 0 Å². The number of nitrogens with two attached hydrogens (primary N) is 1. The molecule has 0 saturated heterocycles. The molecule has 1 atom stereocenters. The van der Waals surface area contributed by atoms with Gasteiger partial charge in [0.05, 0.1) is 6.61 Å². The summed E-state index contributed by atoms with van der Waals surface area (Å²) >= 11 is 1.98. The number of nitrogens with zero attached hydrogens (tertiary/aromatic N) is 1. The Kier molecular flexibility index (Phi) is 10.9. The predicted molar refractivity (Wildman–Crippen MR) is 69.6 cm³/mol. The molecule has 2 N–H and O–H groups in total. The zero-order chi connectivity index (χ0) is 11.5. The van der Waals surface area contributed by atoms with Gasteiger partial charge in [0.15, 0.2) is 0 Å². The molecule has 15 heavy (non-hydrogen) atoms. The molecule has 92 valence electrons. The topological polar surface area (TPSA) is 38.5 Å². The highest BCUT2D eigenvalue weighted by molar-refractivity contribution is 7.99. The van der Waals surface area contributed by atoms with Crippen molar-refractivity contribution in [2.24, 2.45) is 5.73 Å². The van der Waals surface area contributed by atoms with Crippen LogP contribution in [0.15, 0.2) is 0 Å². The molecule has 0 aliphatic heterocycles. The Morgan fingerprint density at radius 2 is 2.13 bits per heavy atom. The molecule has 0 spiro atoms. The van der Waals surface area contributed by atoms with Crippen molar-refractivity contribution in [1.82, 2.24) is 4.90 Å². The predicted octanol–water partition coefficient (Wildman–Crippen LogP) is 1.43. The van der Waals surface area contributed by atoms with E-state index in [1.807, 2.05) is 18.7 Å². The van der Waals surface area contributed by atoms with Gasteiger partial charge in [-0.05, 0) is 31.9 Å². The molecule has 0 aliphatic carbocycles. The summed E-state index contributed by atoms with van der Waals surface area (Å²) in [7, 11) is 2.13. The maximum Gasteiger partial charge on any atom is 0.0593 e.